The molecule has 3 heterocycles. The number of hydrogen-bond donors (Lipinski definition) is 1. The molecule has 1 atom stereocenters. The summed E-state index contributed by atoms with van der Waals surface area (Å²) in [6, 6.07) is 12.9. The van der Waals surface area contributed by atoms with Gasteiger partial charge in [-0.05, 0) is 18.2 Å². The average molecular weight is 278 g/mol. The Bertz CT molecular complexity index is 806. The van der Waals surface area contributed by atoms with Crippen molar-refractivity contribution < 1.29 is 4.79 Å². The van der Waals surface area contributed by atoms with Crippen molar-refractivity contribution in [1.29, 1.82) is 0 Å². The monoisotopic (exact) mass is 278 g/mol. The SMILES string of the molecule is NC1C(=O)N(Cc2cn3ccccc3n2)c2ccccc21. The van der Waals surface area contributed by atoms with Crippen LogP contribution in [0, 0.1) is 0 Å². The fraction of sp³-hybridized carbons (Fsp3) is 0.125. The minimum absolute atomic E-state index is 0.0757. The third kappa shape index (κ3) is 1.82. The second-order valence-corrected chi connectivity index (χ2v) is 5.16. The lowest BCUT2D eigenvalue weighted by atomic mass is 10.1. The Morgan fingerprint density at radius 1 is 1.14 bits per heavy atom. The van der Waals surface area contributed by atoms with Crippen molar-refractivity contribution in [2.24, 2.45) is 5.73 Å². The molecule has 1 amide bonds. The molecule has 5 nitrogen and oxygen atoms in total. The van der Waals surface area contributed by atoms with E-state index in [0.717, 1.165) is 22.6 Å². The number of aromatic nitrogens is 2. The van der Waals surface area contributed by atoms with Gasteiger partial charge in [0.25, 0.3) is 0 Å². The first-order chi connectivity index (χ1) is 10.2. The van der Waals surface area contributed by atoms with Crippen molar-refractivity contribution in [3.63, 3.8) is 0 Å². The van der Waals surface area contributed by atoms with E-state index in [1.54, 1.807) is 4.90 Å². The van der Waals surface area contributed by atoms with Gasteiger partial charge in [-0.1, -0.05) is 24.3 Å². The third-order valence-corrected chi connectivity index (χ3v) is 3.83. The van der Waals surface area contributed by atoms with Crippen LogP contribution >= 0.6 is 0 Å². The molecule has 0 fully saturated rings. The van der Waals surface area contributed by atoms with Crippen LogP contribution in [0.25, 0.3) is 5.65 Å². The number of rotatable bonds is 2. The van der Waals surface area contributed by atoms with Crippen molar-refractivity contribution in [2.45, 2.75) is 12.6 Å². The van der Waals surface area contributed by atoms with Crippen LogP contribution in [0.1, 0.15) is 17.3 Å². The highest BCUT2D eigenvalue weighted by molar-refractivity contribution is 6.04. The van der Waals surface area contributed by atoms with Crippen LogP contribution < -0.4 is 10.6 Å². The molecule has 104 valence electrons. The molecule has 0 saturated carbocycles. The Labute approximate surface area is 121 Å². The van der Waals surface area contributed by atoms with Crippen LogP contribution in [-0.4, -0.2) is 15.3 Å². The second-order valence-electron chi connectivity index (χ2n) is 5.16. The van der Waals surface area contributed by atoms with Gasteiger partial charge in [0.15, 0.2) is 0 Å². The highest BCUT2D eigenvalue weighted by Gasteiger charge is 2.34. The fourth-order valence-electron chi connectivity index (χ4n) is 2.80. The lowest BCUT2D eigenvalue weighted by Crippen LogP contribution is -2.31. The molecule has 0 spiro atoms. The Balaban J connectivity index is 1.72. The summed E-state index contributed by atoms with van der Waals surface area (Å²) in [7, 11) is 0. The summed E-state index contributed by atoms with van der Waals surface area (Å²) in [5, 5.41) is 0. The number of carbonyl (C=O) groups excluding carboxylic acids is 1. The van der Waals surface area contributed by atoms with Crippen molar-refractivity contribution in [3.05, 3.63) is 66.1 Å². The lowest BCUT2D eigenvalue weighted by Gasteiger charge is -2.15. The molecule has 5 heteroatoms. The van der Waals surface area contributed by atoms with Crippen LogP contribution in [-0.2, 0) is 11.3 Å². The van der Waals surface area contributed by atoms with Crippen LogP contribution in [0.5, 0.6) is 0 Å². The predicted octanol–water partition coefficient (Wildman–Crippen LogP) is 1.88. The zero-order valence-corrected chi connectivity index (χ0v) is 11.3. The summed E-state index contributed by atoms with van der Waals surface area (Å²) in [5.41, 5.74) is 9.47. The van der Waals surface area contributed by atoms with Gasteiger partial charge in [0, 0.05) is 23.6 Å². The highest BCUT2D eigenvalue weighted by atomic mass is 16.2. The topological polar surface area (TPSA) is 63.6 Å². The minimum atomic E-state index is -0.571. The molecule has 1 unspecified atom stereocenters. The van der Waals surface area contributed by atoms with E-state index in [4.69, 9.17) is 5.73 Å². The Hall–Kier alpha value is -2.66. The van der Waals surface area contributed by atoms with Crippen molar-refractivity contribution in [1.82, 2.24) is 9.38 Å². The van der Waals surface area contributed by atoms with E-state index in [-0.39, 0.29) is 5.91 Å². The van der Waals surface area contributed by atoms with Gasteiger partial charge >= 0.3 is 0 Å². The van der Waals surface area contributed by atoms with Crippen LogP contribution in [0.4, 0.5) is 5.69 Å². The summed E-state index contributed by atoms with van der Waals surface area (Å²) < 4.78 is 1.95. The van der Waals surface area contributed by atoms with Crippen molar-refractivity contribution >= 4 is 17.2 Å². The molecule has 0 aliphatic carbocycles. The highest BCUT2D eigenvalue weighted by Crippen LogP contribution is 2.35. The van der Waals surface area contributed by atoms with Gasteiger partial charge in [0.2, 0.25) is 5.91 Å². The molecule has 21 heavy (non-hydrogen) atoms. The van der Waals surface area contributed by atoms with Gasteiger partial charge in [0.1, 0.15) is 11.7 Å². The zero-order chi connectivity index (χ0) is 14.4. The second kappa shape index (κ2) is 4.43. The number of anilines is 1. The van der Waals surface area contributed by atoms with E-state index in [9.17, 15) is 4.79 Å². The number of nitrogens with two attached hydrogens (primary N) is 1. The molecule has 0 bridgehead atoms. The van der Waals surface area contributed by atoms with E-state index < -0.39 is 6.04 Å². The third-order valence-electron chi connectivity index (χ3n) is 3.83. The van der Waals surface area contributed by atoms with Crippen molar-refractivity contribution in [3.8, 4) is 0 Å². The molecule has 1 aromatic carbocycles. The normalized spacial score (nSPS) is 17.5. The van der Waals surface area contributed by atoms with Gasteiger partial charge in [-0.2, -0.15) is 0 Å². The Kier molecular flexibility index (Phi) is 2.55. The van der Waals surface area contributed by atoms with E-state index in [1.807, 2.05) is 59.3 Å². The number of nitrogens with zero attached hydrogens (tertiary/aromatic N) is 3. The van der Waals surface area contributed by atoms with Crippen LogP contribution in [0.2, 0.25) is 0 Å². The number of imidazole rings is 1. The number of pyridine rings is 1. The molecule has 3 aromatic rings. The predicted molar refractivity (Wildman–Crippen MR) is 79.8 cm³/mol. The van der Waals surface area contributed by atoms with E-state index in [0.29, 0.717) is 6.54 Å². The lowest BCUT2D eigenvalue weighted by molar-refractivity contribution is -0.119. The van der Waals surface area contributed by atoms with Crippen molar-refractivity contribution in [2.75, 3.05) is 4.90 Å². The number of amides is 1. The number of fused-ring (bicyclic) bond motifs is 2. The van der Waals surface area contributed by atoms with E-state index in [2.05, 4.69) is 4.98 Å². The van der Waals surface area contributed by atoms with E-state index >= 15 is 0 Å². The fourth-order valence-corrected chi connectivity index (χ4v) is 2.80. The van der Waals surface area contributed by atoms with Gasteiger partial charge in [-0.25, -0.2) is 4.98 Å². The first-order valence-electron chi connectivity index (χ1n) is 6.82. The smallest absolute Gasteiger partial charge is 0.248 e. The Morgan fingerprint density at radius 3 is 2.81 bits per heavy atom. The maximum absolute atomic E-state index is 12.3. The first kappa shape index (κ1) is 12.1. The van der Waals surface area contributed by atoms with Gasteiger partial charge in [-0.15, -0.1) is 0 Å². The average Bonchev–Trinajstić information content (AvgIpc) is 3.02. The molecule has 1 aliphatic heterocycles. The molecule has 4 rings (SSSR count). The van der Waals surface area contributed by atoms with Gasteiger partial charge in [-0.3, -0.25) is 4.79 Å². The molecule has 1 aliphatic rings. The Morgan fingerprint density at radius 2 is 1.95 bits per heavy atom. The maximum Gasteiger partial charge on any atom is 0.248 e. The molecule has 0 saturated heterocycles. The maximum atomic E-state index is 12.3. The number of benzene rings is 1. The first-order valence-corrected chi connectivity index (χ1v) is 6.82. The van der Waals surface area contributed by atoms with Crippen LogP contribution in [0.3, 0.4) is 0 Å². The standard InChI is InChI=1S/C16H14N4O/c17-15-12-5-1-2-6-13(12)20(16(15)21)10-11-9-19-8-4-3-7-14(19)18-11/h1-9,15H,10,17H2. The summed E-state index contributed by atoms with van der Waals surface area (Å²) in [4.78, 5) is 18.6. The number of carbonyl (C=O) groups is 1. The molecular weight excluding hydrogens is 264 g/mol. The summed E-state index contributed by atoms with van der Waals surface area (Å²) in [6.07, 6.45) is 3.88. The summed E-state index contributed by atoms with van der Waals surface area (Å²) in [6.45, 7) is 0.436. The molecular formula is C16H14N4O. The quantitative estimate of drug-likeness (QED) is 0.778. The largest absolute Gasteiger partial charge is 0.316 e. The van der Waals surface area contributed by atoms with Crippen LogP contribution in [0.15, 0.2) is 54.9 Å². The minimum Gasteiger partial charge on any atom is -0.316 e. The molecule has 0 radical (unpaired) electrons. The number of hydrogen-bond acceptors (Lipinski definition) is 3. The van der Waals surface area contributed by atoms with E-state index in [1.165, 1.54) is 0 Å². The van der Waals surface area contributed by atoms with Gasteiger partial charge < -0.3 is 15.0 Å². The summed E-state index contributed by atoms with van der Waals surface area (Å²) in [5.74, 6) is -0.0757. The zero-order valence-electron chi connectivity index (χ0n) is 11.3. The molecule has 2 N–H and O–H groups in total. The summed E-state index contributed by atoms with van der Waals surface area (Å²) >= 11 is 0. The molecule has 2 aromatic heterocycles. The van der Waals surface area contributed by atoms with Gasteiger partial charge in [0.05, 0.1) is 12.2 Å². The number of para-hydroxylation sites is 1.